The fourth-order valence-electron chi connectivity index (χ4n) is 2.39. The van der Waals surface area contributed by atoms with Gasteiger partial charge >= 0.3 is 0 Å². The molecule has 2 fully saturated rings. The topological polar surface area (TPSA) is 55.4 Å². The fraction of sp³-hybridized carbons (Fsp3) is 0.571. The molecule has 1 saturated carbocycles. The maximum absolute atomic E-state index is 11.5. The second kappa shape index (κ2) is 5.54. The van der Waals surface area contributed by atoms with Crippen LogP contribution in [-0.4, -0.2) is 32.1 Å². The summed E-state index contributed by atoms with van der Waals surface area (Å²) in [5.41, 5.74) is 0.994. The van der Waals surface area contributed by atoms with Gasteiger partial charge in [-0.15, -0.1) is 0 Å². The molecule has 1 aromatic carbocycles. The molecule has 1 aromatic rings. The zero-order chi connectivity index (χ0) is 14.2. The van der Waals surface area contributed by atoms with Crippen LogP contribution in [0.4, 0.5) is 0 Å². The van der Waals surface area contributed by atoms with E-state index in [1.807, 2.05) is 12.1 Å². The highest BCUT2D eigenvalue weighted by Crippen LogP contribution is 2.32. The lowest BCUT2D eigenvalue weighted by Gasteiger charge is -2.17. The molecule has 0 aromatic heterocycles. The quantitative estimate of drug-likeness (QED) is 0.904. The van der Waals surface area contributed by atoms with Crippen LogP contribution < -0.4 is 10.1 Å². The Balaban J connectivity index is 1.73. The summed E-state index contributed by atoms with van der Waals surface area (Å²) in [4.78, 5) is 0. The number of hydrogen-bond donors (Lipinski definition) is 1. The number of sulfone groups is 1. The molecule has 1 heterocycles. The van der Waals surface area contributed by atoms with Crippen molar-refractivity contribution in [1.82, 2.24) is 5.32 Å². The maximum Gasteiger partial charge on any atom is 0.154 e. The van der Waals surface area contributed by atoms with Crippen LogP contribution in [0.1, 0.15) is 24.8 Å². The van der Waals surface area contributed by atoms with Gasteiger partial charge in [0.1, 0.15) is 11.9 Å². The lowest BCUT2D eigenvalue weighted by Crippen LogP contribution is -2.21. The summed E-state index contributed by atoms with van der Waals surface area (Å²) in [6.45, 7) is 0.708. The molecule has 1 saturated heterocycles. The van der Waals surface area contributed by atoms with E-state index in [-0.39, 0.29) is 17.6 Å². The number of ether oxygens (including phenoxy) is 1. The third-order valence-corrected chi connectivity index (χ3v) is 5.72. The second-order valence-corrected chi connectivity index (χ2v) is 8.16. The SMILES string of the molecule is O=S1(=O)CCC(Oc2c(Cl)cccc2CNC2CC2)C1. The Morgan fingerprint density at radius 2 is 2.10 bits per heavy atom. The molecule has 2 aliphatic rings. The number of para-hydroxylation sites is 1. The van der Waals surface area contributed by atoms with Gasteiger partial charge in [-0.1, -0.05) is 23.7 Å². The lowest BCUT2D eigenvalue weighted by atomic mass is 10.2. The Bertz CT molecular complexity index is 598. The summed E-state index contributed by atoms with van der Waals surface area (Å²) < 4.78 is 28.9. The first-order valence-corrected chi connectivity index (χ1v) is 9.11. The first-order chi connectivity index (χ1) is 9.53. The Hall–Kier alpha value is -0.780. The van der Waals surface area contributed by atoms with E-state index in [0.29, 0.717) is 29.8 Å². The standard InChI is InChI=1S/C14H18ClNO3S/c15-13-3-1-2-10(8-16-11-4-5-11)14(13)19-12-6-7-20(17,18)9-12/h1-3,11-12,16H,4-9H2. The molecule has 20 heavy (non-hydrogen) atoms. The minimum Gasteiger partial charge on any atom is -0.487 e. The number of rotatable bonds is 5. The van der Waals surface area contributed by atoms with Crippen LogP contribution in [0.15, 0.2) is 18.2 Å². The van der Waals surface area contributed by atoms with E-state index < -0.39 is 9.84 Å². The third-order valence-electron chi connectivity index (χ3n) is 3.68. The minimum absolute atomic E-state index is 0.0910. The first kappa shape index (κ1) is 14.2. The zero-order valence-electron chi connectivity index (χ0n) is 11.1. The summed E-state index contributed by atoms with van der Waals surface area (Å²) in [6.07, 6.45) is 2.71. The normalized spacial score (nSPS) is 24.8. The largest absolute Gasteiger partial charge is 0.487 e. The van der Waals surface area contributed by atoms with Crippen LogP contribution in [0.5, 0.6) is 5.75 Å². The van der Waals surface area contributed by atoms with Crippen LogP contribution in [0.25, 0.3) is 0 Å². The number of nitrogens with one attached hydrogen (secondary N) is 1. The van der Waals surface area contributed by atoms with Gasteiger partial charge in [0.2, 0.25) is 0 Å². The molecule has 1 atom stereocenters. The molecule has 0 spiro atoms. The van der Waals surface area contributed by atoms with Crippen molar-refractivity contribution in [2.24, 2.45) is 0 Å². The van der Waals surface area contributed by atoms with Crippen LogP contribution in [0.2, 0.25) is 5.02 Å². The Labute approximate surface area is 124 Å². The van der Waals surface area contributed by atoms with Crippen molar-refractivity contribution in [3.63, 3.8) is 0 Å². The van der Waals surface area contributed by atoms with E-state index >= 15 is 0 Å². The van der Waals surface area contributed by atoms with Crippen molar-refractivity contribution in [2.75, 3.05) is 11.5 Å². The summed E-state index contributed by atoms with van der Waals surface area (Å²) in [6, 6.07) is 6.25. The van der Waals surface area contributed by atoms with E-state index in [4.69, 9.17) is 16.3 Å². The van der Waals surface area contributed by atoms with E-state index in [1.165, 1.54) is 12.8 Å². The smallest absolute Gasteiger partial charge is 0.154 e. The predicted molar refractivity (Wildman–Crippen MR) is 79.0 cm³/mol. The molecule has 110 valence electrons. The second-order valence-electron chi connectivity index (χ2n) is 5.53. The van der Waals surface area contributed by atoms with Crippen LogP contribution in [-0.2, 0) is 16.4 Å². The van der Waals surface area contributed by atoms with E-state index in [9.17, 15) is 8.42 Å². The van der Waals surface area contributed by atoms with Gasteiger partial charge in [-0.3, -0.25) is 0 Å². The van der Waals surface area contributed by atoms with E-state index in [1.54, 1.807) is 6.07 Å². The van der Waals surface area contributed by atoms with E-state index in [2.05, 4.69) is 5.32 Å². The highest BCUT2D eigenvalue weighted by Gasteiger charge is 2.30. The van der Waals surface area contributed by atoms with Gasteiger partial charge in [0.25, 0.3) is 0 Å². The molecule has 1 aliphatic carbocycles. The minimum atomic E-state index is -2.94. The van der Waals surface area contributed by atoms with Crippen molar-refractivity contribution in [2.45, 2.75) is 38.0 Å². The molecule has 1 unspecified atom stereocenters. The van der Waals surface area contributed by atoms with Crippen molar-refractivity contribution in [3.05, 3.63) is 28.8 Å². The zero-order valence-corrected chi connectivity index (χ0v) is 12.7. The van der Waals surface area contributed by atoms with Gasteiger partial charge in [-0.25, -0.2) is 8.42 Å². The van der Waals surface area contributed by atoms with Crippen molar-refractivity contribution < 1.29 is 13.2 Å². The highest BCUT2D eigenvalue weighted by atomic mass is 35.5. The molecule has 6 heteroatoms. The van der Waals surface area contributed by atoms with Gasteiger partial charge in [0.05, 0.1) is 16.5 Å². The van der Waals surface area contributed by atoms with Gasteiger partial charge in [0, 0.05) is 18.2 Å². The fourth-order valence-corrected chi connectivity index (χ4v) is 4.22. The van der Waals surface area contributed by atoms with Gasteiger partial charge in [0.15, 0.2) is 9.84 Å². The Morgan fingerprint density at radius 1 is 1.30 bits per heavy atom. The van der Waals surface area contributed by atoms with Crippen LogP contribution in [0.3, 0.4) is 0 Å². The van der Waals surface area contributed by atoms with Crippen molar-refractivity contribution >= 4 is 21.4 Å². The maximum atomic E-state index is 11.5. The molecular weight excluding hydrogens is 298 g/mol. The van der Waals surface area contributed by atoms with Gasteiger partial charge < -0.3 is 10.1 Å². The molecule has 4 nitrogen and oxygen atoms in total. The Morgan fingerprint density at radius 3 is 2.75 bits per heavy atom. The molecule has 1 aliphatic heterocycles. The molecule has 0 amide bonds. The average Bonchev–Trinajstić information content (AvgIpc) is 3.15. The van der Waals surface area contributed by atoms with Gasteiger partial charge in [-0.05, 0) is 25.3 Å². The summed E-state index contributed by atoms with van der Waals surface area (Å²) in [5.74, 6) is 0.926. The summed E-state index contributed by atoms with van der Waals surface area (Å²) >= 11 is 6.21. The number of halogens is 1. The number of hydrogen-bond acceptors (Lipinski definition) is 4. The molecule has 0 bridgehead atoms. The van der Waals surface area contributed by atoms with Gasteiger partial charge in [-0.2, -0.15) is 0 Å². The molecular formula is C14H18ClNO3S. The monoisotopic (exact) mass is 315 g/mol. The van der Waals surface area contributed by atoms with Crippen molar-refractivity contribution in [1.29, 1.82) is 0 Å². The average molecular weight is 316 g/mol. The molecule has 0 radical (unpaired) electrons. The predicted octanol–water partition coefficient (Wildman–Crippen LogP) is 2.16. The van der Waals surface area contributed by atoms with Crippen LogP contribution >= 0.6 is 11.6 Å². The molecule has 1 N–H and O–H groups in total. The summed E-state index contributed by atoms with van der Waals surface area (Å²) in [7, 11) is -2.94. The lowest BCUT2D eigenvalue weighted by molar-refractivity contribution is 0.226. The highest BCUT2D eigenvalue weighted by molar-refractivity contribution is 7.91. The van der Waals surface area contributed by atoms with Crippen molar-refractivity contribution in [3.8, 4) is 5.75 Å². The van der Waals surface area contributed by atoms with E-state index in [0.717, 1.165) is 5.56 Å². The first-order valence-electron chi connectivity index (χ1n) is 6.91. The third kappa shape index (κ3) is 3.45. The Kier molecular flexibility index (Phi) is 3.93. The molecule has 3 rings (SSSR count). The number of benzene rings is 1. The summed E-state index contributed by atoms with van der Waals surface area (Å²) in [5, 5.41) is 3.97. The van der Waals surface area contributed by atoms with Crippen LogP contribution in [0, 0.1) is 0 Å².